The Hall–Kier alpha value is -1.05. The Balaban J connectivity index is 3.16. The monoisotopic (exact) mass is 193 g/mol. The molecule has 0 radical (unpaired) electrons. The molecule has 0 aliphatic heterocycles. The van der Waals surface area contributed by atoms with Crippen LogP contribution in [-0.2, 0) is 6.54 Å². The topological polar surface area (TPSA) is 22.0 Å². The fourth-order valence-corrected chi connectivity index (χ4v) is 1.60. The molecular weight excluding hydrogens is 174 g/mol. The Morgan fingerprint density at radius 2 is 1.86 bits per heavy atom. The fraction of sp³-hybridized carbons (Fsp3) is 0.583. The Bertz CT molecular complexity index is 350. The molecule has 0 atom stereocenters. The zero-order valence-corrected chi connectivity index (χ0v) is 9.45. The van der Waals surface area contributed by atoms with Gasteiger partial charge in [0, 0.05) is 18.3 Å². The van der Waals surface area contributed by atoms with Crippen LogP contribution in [0, 0.1) is 5.92 Å². The van der Waals surface area contributed by atoms with E-state index in [1.807, 2.05) is 16.7 Å². The molecule has 0 N–H and O–H groups in total. The van der Waals surface area contributed by atoms with E-state index in [0.29, 0.717) is 11.8 Å². The van der Waals surface area contributed by atoms with Crippen molar-refractivity contribution >= 4 is 0 Å². The highest BCUT2D eigenvalue weighted by Crippen LogP contribution is 2.13. The third kappa shape index (κ3) is 2.47. The van der Waals surface area contributed by atoms with Gasteiger partial charge in [-0.25, -0.2) is 0 Å². The summed E-state index contributed by atoms with van der Waals surface area (Å²) < 4.78 is 1.88. The van der Waals surface area contributed by atoms with Crippen molar-refractivity contribution in [2.45, 2.75) is 40.2 Å². The number of aromatic nitrogens is 1. The first-order valence-corrected chi connectivity index (χ1v) is 5.22. The number of hydrogen-bond donors (Lipinski definition) is 0. The predicted octanol–water partition coefficient (Wildman–Crippen LogP) is 2.63. The summed E-state index contributed by atoms with van der Waals surface area (Å²) in [6.45, 7) is 9.30. The Morgan fingerprint density at radius 3 is 2.36 bits per heavy atom. The average Bonchev–Trinajstić information content (AvgIpc) is 2.07. The van der Waals surface area contributed by atoms with E-state index in [-0.39, 0.29) is 5.56 Å². The molecule has 1 aromatic rings. The van der Waals surface area contributed by atoms with Gasteiger partial charge in [0.15, 0.2) is 0 Å². The maximum absolute atomic E-state index is 11.6. The second-order valence-corrected chi connectivity index (χ2v) is 4.45. The lowest BCUT2D eigenvalue weighted by Crippen LogP contribution is -2.25. The van der Waals surface area contributed by atoms with E-state index >= 15 is 0 Å². The van der Waals surface area contributed by atoms with Crippen LogP contribution < -0.4 is 5.56 Å². The zero-order valence-electron chi connectivity index (χ0n) is 9.45. The Kier molecular flexibility index (Phi) is 3.50. The summed E-state index contributed by atoms with van der Waals surface area (Å²) in [7, 11) is 0. The molecule has 1 aromatic heterocycles. The van der Waals surface area contributed by atoms with Crippen molar-refractivity contribution < 1.29 is 0 Å². The summed E-state index contributed by atoms with van der Waals surface area (Å²) >= 11 is 0. The molecule has 0 aromatic carbocycles. The molecular formula is C12H19NO. The molecule has 14 heavy (non-hydrogen) atoms. The van der Waals surface area contributed by atoms with Crippen LogP contribution in [0.4, 0.5) is 0 Å². The molecule has 0 saturated carbocycles. The zero-order chi connectivity index (χ0) is 10.7. The van der Waals surface area contributed by atoms with Gasteiger partial charge < -0.3 is 4.57 Å². The number of nitrogens with zero attached hydrogens (tertiary/aromatic N) is 1. The van der Waals surface area contributed by atoms with Crippen molar-refractivity contribution in [3.05, 3.63) is 34.2 Å². The second-order valence-electron chi connectivity index (χ2n) is 4.45. The summed E-state index contributed by atoms with van der Waals surface area (Å²) in [5.74, 6) is 0.912. The van der Waals surface area contributed by atoms with E-state index in [1.54, 1.807) is 6.07 Å². The Labute approximate surface area is 85.6 Å². The molecule has 0 spiro atoms. The van der Waals surface area contributed by atoms with Gasteiger partial charge in [0.25, 0.3) is 5.56 Å². The van der Waals surface area contributed by atoms with Crippen LogP contribution in [0.25, 0.3) is 0 Å². The van der Waals surface area contributed by atoms with Gasteiger partial charge in [-0.1, -0.05) is 33.8 Å². The summed E-state index contributed by atoms with van der Waals surface area (Å²) in [5, 5.41) is 0. The lowest BCUT2D eigenvalue weighted by atomic mass is 10.1. The van der Waals surface area contributed by atoms with Crippen LogP contribution in [0.2, 0.25) is 0 Å². The molecule has 0 aliphatic rings. The van der Waals surface area contributed by atoms with Gasteiger partial charge in [-0.2, -0.15) is 0 Å². The third-order valence-electron chi connectivity index (χ3n) is 2.22. The van der Waals surface area contributed by atoms with Gasteiger partial charge in [-0.05, 0) is 17.9 Å². The standard InChI is InChI=1S/C12H19NO/c1-9(2)8-13-11(10(3)4)6-5-7-12(13)14/h5-7,9-10H,8H2,1-4H3. The minimum atomic E-state index is 0.116. The highest BCUT2D eigenvalue weighted by atomic mass is 16.1. The molecule has 0 aliphatic carbocycles. The lowest BCUT2D eigenvalue weighted by molar-refractivity contribution is 0.487. The lowest BCUT2D eigenvalue weighted by Gasteiger charge is -2.16. The summed E-state index contributed by atoms with van der Waals surface area (Å²) in [5.41, 5.74) is 1.25. The molecule has 2 nitrogen and oxygen atoms in total. The van der Waals surface area contributed by atoms with Crippen LogP contribution >= 0.6 is 0 Å². The highest BCUT2D eigenvalue weighted by Gasteiger charge is 2.07. The normalized spacial score (nSPS) is 11.3. The summed E-state index contributed by atoms with van der Waals surface area (Å²) in [6, 6.07) is 5.51. The van der Waals surface area contributed by atoms with E-state index < -0.39 is 0 Å². The molecule has 0 amide bonds. The van der Waals surface area contributed by atoms with Crippen LogP contribution in [0.1, 0.15) is 39.3 Å². The quantitative estimate of drug-likeness (QED) is 0.723. The first-order valence-electron chi connectivity index (χ1n) is 5.22. The molecule has 1 rings (SSSR count). The fourth-order valence-electron chi connectivity index (χ4n) is 1.60. The third-order valence-corrected chi connectivity index (χ3v) is 2.22. The van der Waals surface area contributed by atoms with E-state index in [1.165, 1.54) is 0 Å². The highest BCUT2D eigenvalue weighted by molar-refractivity contribution is 5.10. The average molecular weight is 193 g/mol. The van der Waals surface area contributed by atoms with Crippen molar-refractivity contribution in [1.82, 2.24) is 4.57 Å². The largest absolute Gasteiger partial charge is 0.312 e. The second kappa shape index (κ2) is 4.45. The Morgan fingerprint density at radius 1 is 1.21 bits per heavy atom. The molecule has 0 saturated heterocycles. The molecule has 0 unspecified atom stereocenters. The summed E-state index contributed by atoms with van der Waals surface area (Å²) in [4.78, 5) is 11.6. The van der Waals surface area contributed by atoms with E-state index in [9.17, 15) is 4.79 Å². The SMILES string of the molecule is CC(C)Cn1c(C(C)C)cccc1=O. The molecule has 1 heterocycles. The van der Waals surface area contributed by atoms with E-state index in [4.69, 9.17) is 0 Å². The molecule has 0 bridgehead atoms. The minimum absolute atomic E-state index is 0.116. The first-order chi connectivity index (χ1) is 6.52. The van der Waals surface area contributed by atoms with Crippen LogP contribution in [-0.4, -0.2) is 4.57 Å². The van der Waals surface area contributed by atoms with Crippen LogP contribution in [0.15, 0.2) is 23.0 Å². The van der Waals surface area contributed by atoms with Crippen molar-refractivity contribution in [2.75, 3.05) is 0 Å². The minimum Gasteiger partial charge on any atom is -0.312 e. The van der Waals surface area contributed by atoms with Crippen molar-refractivity contribution in [3.8, 4) is 0 Å². The molecule has 0 fully saturated rings. The van der Waals surface area contributed by atoms with Gasteiger partial charge in [0.1, 0.15) is 0 Å². The van der Waals surface area contributed by atoms with Crippen molar-refractivity contribution in [1.29, 1.82) is 0 Å². The maximum atomic E-state index is 11.6. The summed E-state index contributed by atoms with van der Waals surface area (Å²) in [6.07, 6.45) is 0. The van der Waals surface area contributed by atoms with Gasteiger partial charge >= 0.3 is 0 Å². The maximum Gasteiger partial charge on any atom is 0.250 e. The first kappa shape index (κ1) is 11.0. The van der Waals surface area contributed by atoms with Crippen molar-refractivity contribution in [2.24, 2.45) is 5.92 Å². The van der Waals surface area contributed by atoms with Gasteiger partial charge in [0.05, 0.1) is 0 Å². The van der Waals surface area contributed by atoms with E-state index in [0.717, 1.165) is 12.2 Å². The van der Waals surface area contributed by atoms with Gasteiger partial charge in [-0.3, -0.25) is 4.79 Å². The molecule has 2 heteroatoms. The predicted molar refractivity (Wildman–Crippen MR) is 59.6 cm³/mol. The van der Waals surface area contributed by atoms with E-state index in [2.05, 4.69) is 27.7 Å². The number of pyridine rings is 1. The smallest absolute Gasteiger partial charge is 0.250 e. The van der Waals surface area contributed by atoms with Gasteiger partial charge in [-0.15, -0.1) is 0 Å². The number of rotatable bonds is 3. The molecule has 78 valence electrons. The van der Waals surface area contributed by atoms with Crippen LogP contribution in [0.5, 0.6) is 0 Å². The van der Waals surface area contributed by atoms with Crippen LogP contribution in [0.3, 0.4) is 0 Å². The van der Waals surface area contributed by atoms with Gasteiger partial charge in [0.2, 0.25) is 0 Å². The van der Waals surface area contributed by atoms with Crippen molar-refractivity contribution in [3.63, 3.8) is 0 Å². The number of hydrogen-bond acceptors (Lipinski definition) is 1.